The number of hydrogen-bond acceptors (Lipinski definition) is 2. The summed E-state index contributed by atoms with van der Waals surface area (Å²) in [7, 11) is 0. The maximum Gasteiger partial charge on any atom is 0.224 e. The van der Waals surface area contributed by atoms with Gasteiger partial charge in [-0.3, -0.25) is 4.79 Å². The highest BCUT2D eigenvalue weighted by atomic mass is 35.5. The van der Waals surface area contributed by atoms with Crippen molar-refractivity contribution < 1.29 is 9.90 Å². The summed E-state index contributed by atoms with van der Waals surface area (Å²) in [5.74, 6) is 0.446. The van der Waals surface area contributed by atoms with E-state index in [0.717, 1.165) is 36.6 Å². The summed E-state index contributed by atoms with van der Waals surface area (Å²) < 4.78 is 2.10. The minimum atomic E-state index is -0.525. The number of carbonyl (C=O) groups is 1. The van der Waals surface area contributed by atoms with Crippen molar-refractivity contribution in [3.8, 4) is 0 Å². The molecule has 1 aromatic heterocycles. The van der Waals surface area contributed by atoms with Crippen LogP contribution < -0.4 is 0 Å². The van der Waals surface area contributed by atoms with Gasteiger partial charge in [0, 0.05) is 48.7 Å². The fraction of sp³-hybridized carbons (Fsp3) is 0.550. The molecule has 5 heteroatoms. The van der Waals surface area contributed by atoms with Crippen molar-refractivity contribution in [1.82, 2.24) is 9.47 Å². The summed E-state index contributed by atoms with van der Waals surface area (Å²) >= 11 is 6.10. The molecule has 0 bridgehead atoms. The summed E-state index contributed by atoms with van der Waals surface area (Å²) in [5, 5.41) is 12.6. The fourth-order valence-corrected chi connectivity index (χ4v) is 4.69. The first-order valence-electron chi connectivity index (χ1n) is 9.30. The number of aryl methyl sites for hydroxylation is 1. The highest BCUT2D eigenvalue weighted by Gasteiger charge is 2.43. The molecule has 0 spiro atoms. The van der Waals surface area contributed by atoms with Crippen LogP contribution in [-0.4, -0.2) is 39.2 Å². The molecular weight excluding hydrogens is 336 g/mol. The zero-order chi connectivity index (χ0) is 17.4. The van der Waals surface area contributed by atoms with Crippen molar-refractivity contribution in [2.45, 2.75) is 50.7 Å². The smallest absolute Gasteiger partial charge is 0.224 e. The molecule has 2 fully saturated rings. The Morgan fingerprint density at radius 1 is 1.28 bits per heavy atom. The molecule has 2 aromatic rings. The number of nitrogens with zero attached hydrogens (tertiary/aromatic N) is 2. The second-order valence-corrected chi connectivity index (χ2v) is 8.03. The summed E-state index contributed by atoms with van der Waals surface area (Å²) in [6.07, 6.45) is 7.46. The third kappa shape index (κ3) is 3.30. The molecule has 1 amide bonds. The molecule has 4 rings (SSSR count). The summed E-state index contributed by atoms with van der Waals surface area (Å²) in [6, 6.07) is 7.90. The van der Waals surface area contributed by atoms with Crippen molar-refractivity contribution >= 4 is 28.4 Å². The van der Waals surface area contributed by atoms with E-state index in [1.165, 1.54) is 6.42 Å². The quantitative estimate of drug-likeness (QED) is 0.903. The Balaban J connectivity index is 1.40. The summed E-state index contributed by atoms with van der Waals surface area (Å²) in [6.45, 7) is 2.06. The molecule has 25 heavy (non-hydrogen) atoms. The summed E-state index contributed by atoms with van der Waals surface area (Å²) in [4.78, 5) is 14.6. The predicted octanol–water partition coefficient (Wildman–Crippen LogP) is 3.84. The Labute approximate surface area is 153 Å². The Morgan fingerprint density at radius 3 is 3.04 bits per heavy atom. The number of fused-ring (bicyclic) bond motifs is 2. The van der Waals surface area contributed by atoms with Crippen LogP contribution in [0, 0.1) is 5.92 Å². The van der Waals surface area contributed by atoms with Gasteiger partial charge in [-0.15, -0.1) is 0 Å². The van der Waals surface area contributed by atoms with Gasteiger partial charge in [-0.2, -0.15) is 0 Å². The van der Waals surface area contributed by atoms with E-state index < -0.39 is 5.60 Å². The minimum absolute atomic E-state index is 0.191. The first-order valence-corrected chi connectivity index (χ1v) is 9.67. The number of halogens is 1. The second kappa shape index (κ2) is 6.65. The van der Waals surface area contributed by atoms with Gasteiger partial charge in [0.25, 0.3) is 0 Å². The Hall–Kier alpha value is -1.52. The van der Waals surface area contributed by atoms with Gasteiger partial charge >= 0.3 is 0 Å². The van der Waals surface area contributed by atoms with Crippen molar-refractivity contribution in [2.75, 3.05) is 13.1 Å². The molecular formula is C20H25ClN2O2. The van der Waals surface area contributed by atoms with E-state index in [1.54, 1.807) is 0 Å². The molecule has 2 unspecified atom stereocenters. The molecule has 1 saturated carbocycles. The van der Waals surface area contributed by atoms with E-state index in [-0.39, 0.29) is 11.8 Å². The zero-order valence-corrected chi connectivity index (χ0v) is 15.2. The number of rotatable bonds is 3. The van der Waals surface area contributed by atoms with Crippen LogP contribution in [0.4, 0.5) is 0 Å². The molecule has 2 aliphatic rings. The van der Waals surface area contributed by atoms with Crippen molar-refractivity contribution in [2.24, 2.45) is 5.92 Å². The van der Waals surface area contributed by atoms with Crippen LogP contribution in [0.1, 0.15) is 38.5 Å². The average molecular weight is 361 g/mol. The molecule has 1 saturated heterocycles. The number of aliphatic hydroxyl groups is 1. The van der Waals surface area contributed by atoms with Crippen molar-refractivity contribution in [3.05, 3.63) is 35.5 Å². The zero-order valence-electron chi connectivity index (χ0n) is 14.5. The molecule has 0 radical (unpaired) electrons. The number of amides is 1. The van der Waals surface area contributed by atoms with Crippen molar-refractivity contribution in [3.63, 3.8) is 0 Å². The summed E-state index contributed by atoms with van der Waals surface area (Å²) in [5.41, 5.74) is 0.545. The molecule has 2 atom stereocenters. The lowest BCUT2D eigenvalue weighted by molar-refractivity contribution is -0.143. The normalized spacial score (nSPS) is 26.6. The topological polar surface area (TPSA) is 45.5 Å². The van der Waals surface area contributed by atoms with Gasteiger partial charge in [0.1, 0.15) is 0 Å². The van der Waals surface area contributed by atoms with Crippen LogP contribution in [0.2, 0.25) is 5.02 Å². The lowest BCUT2D eigenvalue weighted by Gasteiger charge is -2.47. The molecule has 1 aliphatic heterocycles. The largest absolute Gasteiger partial charge is 0.389 e. The van der Waals surface area contributed by atoms with Crippen LogP contribution in [0.5, 0.6) is 0 Å². The maximum absolute atomic E-state index is 12.7. The fourth-order valence-electron chi connectivity index (χ4n) is 4.52. The standard InChI is InChI=1S/C20H25ClN2O2/c21-17-5-4-15-6-10-22(18(15)13-17)11-7-19(24)23-12-9-20(25)8-2-1-3-16(20)14-23/h4-6,10,13,16,25H,1-3,7-9,11-12,14H2. The number of benzene rings is 1. The van der Waals surface area contributed by atoms with Gasteiger partial charge in [-0.05, 0) is 42.8 Å². The van der Waals surface area contributed by atoms with E-state index >= 15 is 0 Å². The highest BCUT2D eigenvalue weighted by molar-refractivity contribution is 6.31. The minimum Gasteiger partial charge on any atom is -0.389 e. The predicted molar refractivity (Wildman–Crippen MR) is 99.7 cm³/mol. The van der Waals surface area contributed by atoms with Crippen LogP contribution in [0.25, 0.3) is 10.9 Å². The monoisotopic (exact) mass is 360 g/mol. The Kier molecular flexibility index (Phi) is 4.50. The number of carbonyl (C=O) groups excluding carboxylic acids is 1. The first kappa shape index (κ1) is 16.9. The van der Waals surface area contributed by atoms with Crippen LogP contribution in [0.15, 0.2) is 30.5 Å². The third-order valence-electron chi connectivity index (χ3n) is 6.08. The van der Waals surface area contributed by atoms with E-state index in [9.17, 15) is 9.90 Å². The van der Waals surface area contributed by atoms with Crippen LogP contribution in [-0.2, 0) is 11.3 Å². The van der Waals surface area contributed by atoms with E-state index in [4.69, 9.17) is 11.6 Å². The SMILES string of the molecule is O=C(CCn1ccc2ccc(Cl)cc21)N1CCC2(O)CCCCC2C1. The number of aromatic nitrogens is 1. The van der Waals surface area contributed by atoms with Gasteiger partial charge in [-0.25, -0.2) is 0 Å². The molecule has 134 valence electrons. The lowest BCUT2D eigenvalue weighted by Crippen LogP contribution is -2.54. The first-order chi connectivity index (χ1) is 12.0. The van der Waals surface area contributed by atoms with Gasteiger partial charge in [-0.1, -0.05) is 30.5 Å². The van der Waals surface area contributed by atoms with E-state index in [0.29, 0.717) is 31.1 Å². The molecule has 1 aromatic carbocycles. The average Bonchev–Trinajstić information content (AvgIpc) is 3.01. The third-order valence-corrected chi connectivity index (χ3v) is 6.32. The van der Waals surface area contributed by atoms with Gasteiger partial charge in [0.2, 0.25) is 5.91 Å². The van der Waals surface area contributed by atoms with E-state index in [2.05, 4.69) is 10.6 Å². The van der Waals surface area contributed by atoms with Crippen LogP contribution >= 0.6 is 11.6 Å². The molecule has 1 aliphatic carbocycles. The van der Waals surface area contributed by atoms with Gasteiger partial charge < -0.3 is 14.6 Å². The van der Waals surface area contributed by atoms with Crippen LogP contribution in [0.3, 0.4) is 0 Å². The molecule has 1 N–H and O–H groups in total. The van der Waals surface area contributed by atoms with Gasteiger partial charge in [0.05, 0.1) is 5.60 Å². The molecule has 2 heterocycles. The Bertz CT molecular complexity index is 787. The second-order valence-electron chi connectivity index (χ2n) is 7.60. The highest BCUT2D eigenvalue weighted by Crippen LogP contribution is 2.39. The van der Waals surface area contributed by atoms with Crippen molar-refractivity contribution in [1.29, 1.82) is 0 Å². The Morgan fingerprint density at radius 2 is 2.16 bits per heavy atom. The molecule has 4 nitrogen and oxygen atoms in total. The lowest BCUT2D eigenvalue weighted by atomic mass is 9.71. The number of hydrogen-bond donors (Lipinski definition) is 1. The van der Waals surface area contributed by atoms with E-state index in [1.807, 2.05) is 29.3 Å². The maximum atomic E-state index is 12.7. The number of piperidine rings is 1. The number of likely N-dealkylation sites (tertiary alicyclic amines) is 1. The van der Waals surface area contributed by atoms with Gasteiger partial charge in [0.15, 0.2) is 0 Å².